The number of Topliss-reactive ketones (excluding diaryl/α,β-unsaturated/α-hetero) is 1. The first-order valence-corrected chi connectivity index (χ1v) is 7.36. The van der Waals surface area contributed by atoms with Crippen LogP contribution in [0, 0.1) is 5.41 Å². The topological polar surface area (TPSA) is 29.1 Å². The molecule has 1 heterocycles. The maximum atomic E-state index is 11.6. The van der Waals surface area contributed by atoms with Gasteiger partial charge in [0.25, 0.3) is 0 Å². The molecule has 15 heavy (non-hydrogen) atoms. The second-order valence-electron chi connectivity index (χ2n) is 4.90. The van der Waals surface area contributed by atoms with E-state index in [1.807, 2.05) is 44.3 Å². The lowest BCUT2D eigenvalue weighted by atomic mass is 9.88. The molecule has 0 radical (unpaired) electrons. The van der Waals surface area contributed by atoms with Gasteiger partial charge in [-0.15, -0.1) is 23.5 Å². The second-order valence-corrected chi connectivity index (χ2v) is 8.40. The summed E-state index contributed by atoms with van der Waals surface area (Å²) in [5.74, 6) is 0.367. The Labute approximate surface area is 101 Å². The average Bonchev–Trinajstić information content (AvgIpc) is 2.06. The van der Waals surface area contributed by atoms with Crippen LogP contribution in [0.1, 0.15) is 40.5 Å². The summed E-state index contributed by atoms with van der Waals surface area (Å²) in [6.07, 6.45) is 1.66. The minimum absolute atomic E-state index is 0.172. The Hall–Kier alpha value is 0.330. The van der Waals surface area contributed by atoms with Crippen LogP contribution in [0.25, 0.3) is 0 Å². The third kappa shape index (κ3) is 4.79. The molecule has 0 aliphatic carbocycles. The predicted octanol–water partition coefficient (Wildman–Crippen LogP) is 3.08. The summed E-state index contributed by atoms with van der Waals surface area (Å²) in [6.45, 7) is 9.14. The van der Waals surface area contributed by atoms with Gasteiger partial charge in [-0.05, 0) is 19.9 Å². The molecule has 1 N–H and O–H groups in total. The molecule has 0 aromatic carbocycles. The largest absolute Gasteiger partial charge is 0.299 e. The highest BCUT2D eigenvalue weighted by Crippen LogP contribution is 2.44. The maximum absolute atomic E-state index is 11.6. The van der Waals surface area contributed by atoms with E-state index in [0.717, 1.165) is 17.5 Å². The SMILES string of the molecule is CC1SC(NCCCC(=O)C(C)(C)C)S1. The van der Waals surface area contributed by atoms with Crippen LogP contribution in [-0.2, 0) is 4.79 Å². The molecule has 2 nitrogen and oxygen atoms in total. The van der Waals surface area contributed by atoms with Crippen molar-refractivity contribution in [3.05, 3.63) is 0 Å². The van der Waals surface area contributed by atoms with E-state index in [0.29, 0.717) is 16.9 Å². The van der Waals surface area contributed by atoms with Crippen molar-refractivity contribution in [2.45, 2.75) is 49.8 Å². The van der Waals surface area contributed by atoms with Crippen molar-refractivity contribution in [3.63, 3.8) is 0 Å². The molecule has 1 rings (SSSR count). The number of rotatable bonds is 5. The van der Waals surface area contributed by atoms with E-state index in [-0.39, 0.29) is 5.41 Å². The number of hydrogen-bond donors (Lipinski definition) is 1. The van der Waals surface area contributed by atoms with Gasteiger partial charge in [-0.25, -0.2) is 0 Å². The van der Waals surface area contributed by atoms with Crippen molar-refractivity contribution in [3.8, 4) is 0 Å². The Morgan fingerprint density at radius 2 is 1.93 bits per heavy atom. The van der Waals surface area contributed by atoms with Crippen molar-refractivity contribution in [2.24, 2.45) is 5.41 Å². The summed E-state index contributed by atoms with van der Waals surface area (Å²) in [7, 11) is 0. The molecular formula is C11H21NOS2. The van der Waals surface area contributed by atoms with Crippen molar-refractivity contribution in [1.82, 2.24) is 5.32 Å². The van der Waals surface area contributed by atoms with Crippen LogP contribution in [0.5, 0.6) is 0 Å². The zero-order valence-electron chi connectivity index (χ0n) is 10.0. The highest BCUT2D eigenvalue weighted by atomic mass is 32.3. The zero-order chi connectivity index (χ0) is 11.5. The first-order chi connectivity index (χ1) is 6.89. The molecule has 4 heteroatoms. The van der Waals surface area contributed by atoms with Gasteiger partial charge in [-0.3, -0.25) is 10.1 Å². The molecule has 0 bridgehead atoms. The van der Waals surface area contributed by atoms with E-state index >= 15 is 0 Å². The number of hydrogen-bond acceptors (Lipinski definition) is 4. The summed E-state index contributed by atoms with van der Waals surface area (Å²) in [5, 5.41) is 3.43. The van der Waals surface area contributed by atoms with Gasteiger partial charge in [0.15, 0.2) is 0 Å². The lowest BCUT2D eigenvalue weighted by molar-refractivity contribution is -0.126. The highest BCUT2D eigenvalue weighted by molar-refractivity contribution is 8.33. The van der Waals surface area contributed by atoms with E-state index in [4.69, 9.17) is 0 Å². The first kappa shape index (κ1) is 13.4. The predicted molar refractivity (Wildman–Crippen MR) is 70.1 cm³/mol. The fraction of sp³-hybridized carbons (Fsp3) is 0.909. The van der Waals surface area contributed by atoms with Gasteiger partial charge in [0.05, 0.1) is 4.58 Å². The molecule has 0 aromatic heterocycles. The fourth-order valence-electron chi connectivity index (χ4n) is 1.30. The van der Waals surface area contributed by atoms with E-state index in [1.54, 1.807) is 0 Å². The summed E-state index contributed by atoms with van der Waals surface area (Å²) < 4.78 is 1.29. The minimum Gasteiger partial charge on any atom is -0.299 e. The third-order valence-corrected chi connectivity index (χ3v) is 5.29. The van der Waals surface area contributed by atoms with Crippen LogP contribution < -0.4 is 5.32 Å². The molecule has 88 valence electrons. The van der Waals surface area contributed by atoms with Gasteiger partial charge in [-0.2, -0.15) is 0 Å². The molecule has 0 aromatic rings. The minimum atomic E-state index is -0.172. The number of nitrogens with one attached hydrogen (secondary N) is 1. The van der Waals surface area contributed by atoms with Crippen LogP contribution in [0.15, 0.2) is 0 Å². The second kappa shape index (κ2) is 5.60. The molecule has 1 aliphatic heterocycles. The summed E-state index contributed by atoms with van der Waals surface area (Å²) in [6, 6.07) is 0. The van der Waals surface area contributed by atoms with Crippen molar-refractivity contribution in [1.29, 1.82) is 0 Å². The zero-order valence-corrected chi connectivity index (χ0v) is 11.6. The van der Waals surface area contributed by atoms with Gasteiger partial charge in [0.2, 0.25) is 0 Å². The smallest absolute Gasteiger partial charge is 0.138 e. The van der Waals surface area contributed by atoms with Gasteiger partial charge in [0.1, 0.15) is 10.5 Å². The molecule has 0 saturated carbocycles. The lowest BCUT2D eigenvalue weighted by Gasteiger charge is -2.32. The van der Waals surface area contributed by atoms with Crippen LogP contribution >= 0.6 is 23.5 Å². The van der Waals surface area contributed by atoms with Crippen molar-refractivity contribution < 1.29 is 4.79 Å². The van der Waals surface area contributed by atoms with E-state index in [1.165, 1.54) is 0 Å². The molecule has 0 amide bonds. The first-order valence-electron chi connectivity index (χ1n) is 5.47. The Morgan fingerprint density at radius 3 is 2.40 bits per heavy atom. The standard InChI is InChI=1S/C11H21NOS2/c1-8-14-10(15-8)12-7-5-6-9(13)11(2,3)4/h8,10,12H,5-7H2,1-4H3. The van der Waals surface area contributed by atoms with E-state index < -0.39 is 0 Å². The molecule has 1 fully saturated rings. The Balaban J connectivity index is 2.00. The quantitative estimate of drug-likeness (QED) is 0.756. The van der Waals surface area contributed by atoms with Crippen LogP contribution in [0.2, 0.25) is 0 Å². The van der Waals surface area contributed by atoms with Gasteiger partial charge < -0.3 is 0 Å². The number of carbonyl (C=O) groups is 1. The Kier molecular flexibility index (Phi) is 5.00. The van der Waals surface area contributed by atoms with Crippen LogP contribution in [0.3, 0.4) is 0 Å². The van der Waals surface area contributed by atoms with E-state index in [9.17, 15) is 4.79 Å². The number of thioether (sulfide) groups is 2. The van der Waals surface area contributed by atoms with Crippen LogP contribution in [-0.4, -0.2) is 21.6 Å². The molecule has 0 atom stereocenters. The summed E-state index contributed by atoms with van der Waals surface area (Å²) in [4.78, 5) is 11.6. The Morgan fingerprint density at radius 1 is 1.33 bits per heavy atom. The number of ketones is 1. The number of carbonyl (C=O) groups excluding carboxylic acids is 1. The fourth-order valence-corrected chi connectivity index (χ4v) is 3.78. The Bertz CT molecular complexity index is 219. The maximum Gasteiger partial charge on any atom is 0.138 e. The molecule has 0 spiro atoms. The van der Waals surface area contributed by atoms with Crippen molar-refractivity contribution in [2.75, 3.05) is 6.54 Å². The van der Waals surface area contributed by atoms with E-state index in [2.05, 4.69) is 12.2 Å². The molecule has 1 saturated heterocycles. The average molecular weight is 247 g/mol. The van der Waals surface area contributed by atoms with Crippen LogP contribution in [0.4, 0.5) is 0 Å². The lowest BCUT2D eigenvalue weighted by Crippen LogP contribution is -2.33. The summed E-state index contributed by atoms with van der Waals surface area (Å²) >= 11 is 3.92. The van der Waals surface area contributed by atoms with Crippen molar-refractivity contribution >= 4 is 29.3 Å². The highest BCUT2D eigenvalue weighted by Gasteiger charge is 2.26. The third-order valence-electron chi connectivity index (χ3n) is 2.36. The molecular weight excluding hydrogens is 226 g/mol. The van der Waals surface area contributed by atoms with Gasteiger partial charge >= 0.3 is 0 Å². The normalized spacial score (nSPS) is 26.1. The van der Waals surface area contributed by atoms with Gasteiger partial charge in [0, 0.05) is 11.8 Å². The molecule has 1 aliphatic rings. The molecule has 0 unspecified atom stereocenters. The van der Waals surface area contributed by atoms with Gasteiger partial charge in [-0.1, -0.05) is 20.8 Å². The summed E-state index contributed by atoms with van der Waals surface area (Å²) in [5.41, 5.74) is -0.172. The monoisotopic (exact) mass is 247 g/mol.